The minimum Gasteiger partial charge on any atom is -0.359 e. The highest BCUT2D eigenvalue weighted by molar-refractivity contribution is 7.98. The van der Waals surface area contributed by atoms with Crippen molar-refractivity contribution in [2.75, 3.05) is 13.3 Å². The minimum atomic E-state index is -0.101. The van der Waals surface area contributed by atoms with Crippen molar-refractivity contribution in [3.05, 3.63) is 16.3 Å². The van der Waals surface area contributed by atoms with E-state index in [4.69, 9.17) is 0 Å². The van der Waals surface area contributed by atoms with Gasteiger partial charge < -0.3 is 10.6 Å². The summed E-state index contributed by atoms with van der Waals surface area (Å²) in [6.07, 6.45) is 5.82. The molecule has 4 nitrogen and oxygen atoms in total. The summed E-state index contributed by atoms with van der Waals surface area (Å²) in [6, 6.07) is 1.91. The van der Waals surface area contributed by atoms with Gasteiger partial charge in [0.15, 0.2) is 0 Å². The molecule has 0 radical (unpaired) electrons. The molecule has 1 aliphatic carbocycles. The summed E-state index contributed by atoms with van der Waals surface area (Å²) in [5.74, 6) is -0.119. The van der Waals surface area contributed by atoms with Crippen LogP contribution in [0.25, 0.3) is 0 Å². The fraction of sp³-hybridized carbons (Fsp3) is 0.571. The maximum Gasteiger partial charge on any atom is 0.262 e. The molecule has 1 fully saturated rings. The SMILES string of the molecule is CNC(=O)[C@@H]1CCCC[C@H]1NC(=O)c1sccc1SC. The number of carbonyl (C=O) groups excluding carboxylic acids is 2. The van der Waals surface area contributed by atoms with Crippen LogP contribution in [-0.2, 0) is 4.79 Å². The number of hydrogen-bond acceptors (Lipinski definition) is 4. The zero-order valence-electron chi connectivity index (χ0n) is 11.8. The van der Waals surface area contributed by atoms with Crippen molar-refractivity contribution >= 4 is 34.9 Å². The third kappa shape index (κ3) is 3.35. The molecule has 0 spiro atoms. The molecule has 1 aromatic rings. The van der Waals surface area contributed by atoms with Crippen molar-refractivity contribution in [1.29, 1.82) is 0 Å². The lowest BCUT2D eigenvalue weighted by Crippen LogP contribution is -2.47. The predicted octanol–water partition coefficient (Wildman–Crippen LogP) is 2.50. The molecule has 1 heterocycles. The summed E-state index contributed by atoms with van der Waals surface area (Å²) in [4.78, 5) is 26.0. The zero-order chi connectivity index (χ0) is 14.5. The third-order valence-corrected chi connectivity index (χ3v) is 5.54. The van der Waals surface area contributed by atoms with Crippen molar-refractivity contribution in [2.24, 2.45) is 5.92 Å². The molecule has 6 heteroatoms. The third-order valence-electron chi connectivity index (χ3n) is 3.72. The highest BCUT2D eigenvalue weighted by Gasteiger charge is 2.32. The Hall–Kier alpha value is -1.01. The number of thiophene rings is 1. The van der Waals surface area contributed by atoms with Crippen LogP contribution >= 0.6 is 23.1 Å². The van der Waals surface area contributed by atoms with Gasteiger partial charge >= 0.3 is 0 Å². The van der Waals surface area contributed by atoms with Gasteiger partial charge in [-0.2, -0.15) is 0 Å². The summed E-state index contributed by atoms with van der Waals surface area (Å²) in [6.45, 7) is 0. The van der Waals surface area contributed by atoms with Crippen LogP contribution in [-0.4, -0.2) is 31.2 Å². The van der Waals surface area contributed by atoms with Crippen LogP contribution in [0, 0.1) is 5.92 Å². The monoisotopic (exact) mass is 312 g/mol. The Morgan fingerprint density at radius 3 is 2.80 bits per heavy atom. The summed E-state index contributed by atoms with van der Waals surface area (Å²) in [5.41, 5.74) is 0. The Balaban J connectivity index is 2.07. The zero-order valence-corrected chi connectivity index (χ0v) is 13.4. The molecule has 0 saturated heterocycles. The first-order valence-corrected chi connectivity index (χ1v) is 8.91. The molecule has 1 aliphatic rings. The van der Waals surface area contributed by atoms with E-state index in [0.29, 0.717) is 0 Å². The van der Waals surface area contributed by atoms with Gasteiger partial charge in [-0.15, -0.1) is 23.1 Å². The Morgan fingerprint density at radius 2 is 2.10 bits per heavy atom. The van der Waals surface area contributed by atoms with Crippen LogP contribution in [0.2, 0.25) is 0 Å². The molecule has 1 saturated carbocycles. The Bertz CT molecular complexity index is 487. The number of rotatable bonds is 4. The average molecular weight is 312 g/mol. The van der Waals surface area contributed by atoms with E-state index in [0.717, 1.165) is 35.5 Å². The first-order valence-electron chi connectivity index (χ1n) is 6.81. The highest BCUT2D eigenvalue weighted by atomic mass is 32.2. The van der Waals surface area contributed by atoms with Gasteiger partial charge in [-0.1, -0.05) is 12.8 Å². The van der Waals surface area contributed by atoms with Crippen LogP contribution in [0.4, 0.5) is 0 Å². The van der Waals surface area contributed by atoms with Crippen LogP contribution < -0.4 is 10.6 Å². The van der Waals surface area contributed by atoms with Gasteiger partial charge in [0.2, 0.25) is 5.91 Å². The van der Waals surface area contributed by atoms with E-state index < -0.39 is 0 Å². The van der Waals surface area contributed by atoms with Crippen molar-refractivity contribution in [3.63, 3.8) is 0 Å². The molecule has 0 unspecified atom stereocenters. The number of hydrogen-bond donors (Lipinski definition) is 2. The predicted molar refractivity (Wildman–Crippen MR) is 83.4 cm³/mol. The summed E-state index contributed by atoms with van der Waals surface area (Å²) >= 11 is 3.03. The second-order valence-corrected chi connectivity index (χ2v) is 6.67. The second-order valence-electron chi connectivity index (χ2n) is 4.90. The van der Waals surface area contributed by atoms with Gasteiger partial charge in [-0.25, -0.2) is 0 Å². The molecule has 2 rings (SSSR count). The van der Waals surface area contributed by atoms with Crippen LogP contribution in [0.1, 0.15) is 35.4 Å². The van der Waals surface area contributed by atoms with Gasteiger partial charge in [0, 0.05) is 18.0 Å². The molecule has 2 atom stereocenters. The fourth-order valence-electron chi connectivity index (χ4n) is 2.66. The second kappa shape index (κ2) is 7.13. The van der Waals surface area contributed by atoms with Crippen LogP contribution in [0.5, 0.6) is 0 Å². The van der Waals surface area contributed by atoms with E-state index in [1.807, 2.05) is 17.7 Å². The van der Waals surface area contributed by atoms with E-state index >= 15 is 0 Å². The standard InChI is InChI=1S/C14H20N2O2S2/c1-15-13(17)9-5-3-4-6-10(9)16-14(18)12-11(19-2)7-8-20-12/h7-10H,3-6H2,1-2H3,(H,15,17)(H,16,18)/t9-,10-/m1/s1. The van der Waals surface area contributed by atoms with Crippen molar-refractivity contribution in [3.8, 4) is 0 Å². The van der Waals surface area contributed by atoms with Gasteiger partial charge in [0.05, 0.1) is 5.92 Å². The molecular weight excluding hydrogens is 292 g/mol. The Labute approximate surface area is 127 Å². The van der Waals surface area contributed by atoms with Crippen molar-refractivity contribution in [2.45, 2.75) is 36.6 Å². The quantitative estimate of drug-likeness (QED) is 0.840. The van der Waals surface area contributed by atoms with E-state index in [1.165, 1.54) is 11.3 Å². The topological polar surface area (TPSA) is 58.2 Å². The Kier molecular flexibility index (Phi) is 5.48. The maximum atomic E-state index is 12.4. The first kappa shape index (κ1) is 15.4. The minimum absolute atomic E-state index is 0.0336. The molecule has 20 heavy (non-hydrogen) atoms. The van der Waals surface area contributed by atoms with E-state index in [2.05, 4.69) is 10.6 Å². The van der Waals surface area contributed by atoms with E-state index in [-0.39, 0.29) is 23.8 Å². The van der Waals surface area contributed by atoms with Crippen LogP contribution in [0.3, 0.4) is 0 Å². The number of thioether (sulfide) groups is 1. The first-order chi connectivity index (χ1) is 9.67. The Morgan fingerprint density at radius 1 is 1.35 bits per heavy atom. The molecule has 1 aromatic heterocycles. The number of amides is 2. The molecule has 2 amide bonds. The molecule has 2 N–H and O–H groups in total. The van der Waals surface area contributed by atoms with Crippen molar-refractivity contribution in [1.82, 2.24) is 10.6 Å². The molecule has 0 aliphatic heterocycles. The number of nitrogens with one attached hydrogen (secondary N) is 2. The lowest BCUT2D eigenvalue weighted by Gasteiger charge is -2.30. The van der Waals surface area contributed by atoms with Crippen LogP contribution in [0.15, 0.2) is 16.3 Å². The van der Waals surface area contributed by atoms with E-state index in [9.17, 15) is 9.59 Å². The van der Waals surface area contributed by atoms with Gasteiger partial charge in [-0.3, -0.25) is 9.59 Å². The molecule has 110 valence electrons. The summed E-state index contributed by atoms with van der Waals surface area (Å²) in [7, 11) is 1.65. The average Bonchev–Trinajstić information content (AvgIpc) is 2.95. The molecule has 0 aromatic carbocycles. The lowest BCUT2D eigenvalue weighted by molar-refractivity contribution is -0.126. The van der Waals surface area contributed by atoms with Gasteiger partial charge in [0.1, 0.15) is 4.88 Å². The summed E-state index contributed by atoms with van der Waals surface area (Å²) < 4.78 is 0. The number of carbonyl (C=O) groups is 2. The van der Waals surface area contributed by atoms with Gasteiger partial charge in [-0.05, 0) is 30.5 Å². The lowest BCUT2D eigenvalue weighted by atomic mass is 9.84. The fourth-order valence-corrected chi connectivity index (χ4v) is 4.31. The smallest absolute Gasteiger partial charge is 0.262 e. The molecular formula is C14H20N2O2S2. The normalized spacial score (nSPS) is 22.3. The van der Waals surface area contributed by atoms with E-state index in [1.54, 1.807) is 18.8 Å². The highest BCUT2D eigenvalue weighted by Crippen LogP contribution is 2.28. The molecule has 0 bridgehead atoms. The maximum absolute atomic E-state index is 12.4. The largest absolute Gasteiger partial charge is 0.359 e. The van der Waals surface area contributed by atoms with Crippen molar-refractivity contribution < 1.29 is 9.59 Å². The van der Waals surface area contributed by atoms with Gasteiger partial charge in [0.25, 0.3) is 5.91 Å². The summed E-state index contributed by atoms with van der Waals surface area (Å²) in [5, 5.41) is 7.69.